The second-order valence-corrected chi connectivity index (χ2v) is 5.75. The van der Waals surface area contributed by atoms with Crippen molar-refractivity contribution in [3.63, 3.8) is 0 Å². The van der Waals surface area contributed by atoms with Crippen LogP contribution < -0.4 is 21.0 Å². The zero-order valence-electron chi connectivity index (χ0n) is 14.4. The Kier molecular flexibility index (Phi) is 4.88. The molecule has 2 heterocycles. The van der Waals surface area contributed by atoms with Gasteiger partial charge in [0.25, 0.3) is 11.5 Å². The molecule has 0 aliphatic rings. The topological polar surface area (TPSA) is 90.5 Å². The first-order valence-corrected chi connectivity index (χ1v) is 8.06. The van der Waals surface area contributed by atoms with Crippen LogP contribution in [0.2, 0.25) is 0 Å². The van der Waals surface area contributed by atoms with Gasteiger partial charge >= 0.3 is 0 Å². The quantitative estimate of drug-likeness (QED) is 0.753. The first kappa shape index (κ1) is 17.5. The number of fused-ring (bicyclic) bond motifs is 1. The molecule has 0 saturated carbocycles. The minimum Gasteiger partial charge on any atom is -0.496 e. The molecule has 3 rings (SSSR count). The van der Waals surface area contributed by atoms with Crippen LogP contribution in [0.5, 0.6) is 5.75 Å². The average molecular weight is 354 g/mol. The summed E-state index contributed by atoms with van der Waals surface area (Å²) in [5.41, 5.74) is 0.584. The molecule has 134 valence electrons. The number of pyridine rings is 1. The molecule has 0 aliphatic carbocycles. The molecule has 2 aromatic heterocycles. The Morgan fingerprint density at radius 1 is 1.19 bits per heavy atom. The van der Waals surface area contributed by atoms with Crippen LogP contribution in [0.4, 0.5) is 0 Å². The maximum atomic E-state index is 12.2. The molecule has 0 atom stereocenters. The number of rotatable bonds is 5. The number of hydrogen-bond donors (Lipinski definition) is 1. The van der Waals surface area contributed by atoms with Crippen molar-refractivity contribution in [1.82, 2.24) is 9.88 Å². The predicted molar refractivity (Wildman–Crippen MR) is 96.8 cm³/mol. The second kappa shape index (κ2) is 7.26. The van der Waals surface area contributed by atoms with Gasteiger partial charge in [0.15, 0.2) is 11.2 Å². The number of hydrogen-bond acceptors (Lipinski definition) is 5. The molecule has 0 radical (unpaired) electrons. The third-order valence-electron chi connectivity index (χ3n) is 4.02. The normalized spacial score (nSPS) is 10.7. The van der Waals surface area contributed by atoms with Gasteiger partial charge in [0.2, 0.25) is 0 Å². The van der Waals surface area contributed by atoms with Crippen LogP contribution in [-0.4, -0.2) is 24.1 Å². The lowest BCUT2D eigenvalue weighted by molar-refractivity contribution is 0.0925. The first-order valence-electron chi connectivity index (χ1n) is 8.06. The van der Waals surface area contributed by atoms with Gasteiger partial charge in [0, 0.05) is 30.9 Å². The maximum absolute atomic E-state index is 12.2. The molecular weight excluding hydrogens is 336 g/mol. The number of nitrogens with zero attached hydrogens (tertiary/aromatic N) is 1. The highest BCUT2D eigenvalue weighted by Crippen LogP contribution is 2.11. The third-order valence-corrected chi connectivity index (χ3v) is 4.02. The molecule has 7 nitrogen and oxygen atoms in total. The van der Waals surface area contributed by atoms with E-state index in [9.17, 15) is 14.4 Å². The van der Waals surface area contributed by atoms with Crippen molar-refractivity contribution in [1.29, 1.82) is 0 Å². The molecule has 7 heteroatoms. The smallest absolute Gasteiger partial charge is 0.287 e. The van der Waals surface area contributed by atoms with Crippen LogP contribution in [0.1, 0.15) is 16.2 Å². The van der Waals surface area contributed by atoms with Crippen molar-refractivity contribution < 1.29 is 13.9 Å². The van der Waals surface area contributed by atoms with Gasteiger partial charge in [-0.3, -0.25) is 14.4 Å². The molecule has 0 unspecified atom stereocenters. The first-order chi connectivity index (χ1) is 12.5. The van der Waals surface area contributed by atoms with Crippen molar-refractivity contribution in [3.05, 3.63) is 74.5 Å². The number of benzene rings is 1. The minimum atomic E-state index is -0.507. The van der Waals surface area contributed by atoms with Crippen molar-refractivity contribution in [2.45, 2.75) is 13.5 Å². The summed E-state index contributed by atoms with van der Waals surface area (Å²) in [4.78, 5) is 36.4. The number of aryl methyl sites for hydroxylation is 1. The fraction of sp³-hybridized carbons (Fsp3) is 0.211. The SMILES string of the molecule is COc1cc(C)n(CCNC(=O)c2cc(=O)c3ccccc3o2)c(=O)c1. The van der Waals surface area contributed by atoms with Crippen LogP contribution in [0.15, 0.2) is 56.5 Å². The summed E-state index contributed by atoms with van der Waals surface area (Å²) in [5.74, 6) is -0.0784. The summed E-state index contributed by atoms with van der Waals surface area (Å²) in [6, 6.07) is 11.0. The number of amides is 1. The Morgan fingerprint density at radius 2 is 1.96 bits per heavy atom. The minimum absolute atomic E-state index is 0.0625. The third kappa shape index (κ3) is 3.51. The summed E-state index contributed by atoms with van der Waals surface area (Å²) < 4.78 is 12.1. The summed E-state index contributed by atoms with van der Waals surface area (Å²) in [6.45, 7) is 2.29. The summed E-state index contributed by atoms with van der Waals surface area (Å²) in [6.07, 6.45) is 0. The van der Waals surface area contributed by atoms with E-state index in [-0.39, 0.29) is 29.8 Å². The van der Waals surface area contributed by atoms with Gasteiger partial charge in [-0.2, -0.15) is 0 Å². The zero-order chi connectivity index (χ0) is 18.7. The Hall–Kier alpha value is -3.35. The van der Waals surface area contributed by atoms with E-state index in [1.165, 1.54) is 23.8 Å². The monoisotopic (exact) mass is 354 g/mol. The highest BCUT2D eigenvalue weighted by atomic mass is 16.5. The number of carbonyl (C=O) groups is 1. The Labute approximate surface area is 148 Å². The molecule has 0 spiro atoms. The molecule has 1 N–H and O–H groups in total. The summed E-state index contributed by atoms with van der Waals surface area (Å²) in [7, 11) is 1.50. The number of aromatic nitrogens is 1. The largest absolute Gasteiger partial charge is 0.496 e. The van der Waals surface area contributed by atoms with E-state index in [4.69, 9.17) is 9.15 Å². The molecular formula is C19H18N2O5. The fourth-order valence-corrected chi connectivity index (χ4v) is 2.69. The van der Waals surface area contributed by atoms with Gasteiger partial charge < -0.3 is 19.0 Å². The lowest BCUT2D eigenvalue weighted by atomic mass is 10.2. The number of para-hydroxylation sites is 1. The average Bonchev–Trinajstić information content (AvgIpc) is 2.63. The van der Waals surface area contributed by atoms with Crippen molar-refractivity contribution in [2.75, 3.05) is 13.7 Å². The van der Waals surface area contributed by atoms with Crippen LogP contribution in [0.3, 0.4) is 0 Å². The van der Waals surface area contributed by atoms with E-state index < -0.39 is 5.91 Å². The predicted octanol–water partition coefficient (Wildman–Crippen LogP) is 1.70. The second-order valence-electron chi connectivity index (χ2n) is 5.75. The molecule has 1 aromatic carbocycles. The van der Waals surface area contributed by atoms with Crippen molar-refractivity contribution in [2.24, 2.45) is 0 Å². The van der Waals surface area contributed by atoms with Crippen LogP contribution >= 0.6 is 0 Å². The number of nitrogens with one attached hydrogen (secondary N) is 1. The van der Waals surface area contributed by atoms with Crippen molar-refractivity contribution in [3.8, 4) is 5.75 Å². The fourth-order valence-electron chi connectivity index (χ4n) is 2.69. The van der Waals surface area contributed by atoms with E-state index in [1.807, 2.05) is 0 Å². The number of ether oxygens (including phenoxy) is 1. The Morgan fingerprint density at radius 3 is 2.69 bits per heavy atom. The van der Waals surface area contributed by atoms with E-state index in [1.54, 1.807) is 37.3 Å². The molecule has 3 aromatic rings. The van der Waals surface area contributed by atoms with Gasteiger partial charge in [0.1, 0.15) is 11.3 Å². The highest BCUT2D eigenvalue weighted by molar-refractivity contribution is 5.93. The number of carbonyl (C=O) groups excluding carboxylic acids is 1. The van der Waals surface area contributed by atoms with Gasteiger partial charge in [-0.1, -0.05) is 12.1 Å². The van der Waals surface area contributed by atoms with E-state index in [0.29, 0.717) is 16.7 Å². The number of methoxy groups -OCH3 is 1. The molecule has 0 saturated heterocycles. The van der Waals surface area contributed by atoms with E-state index >= 15 is 0 Å². The lowest BCUT2D eigenvalue weighted by Crippen LogP contribution is -2.32. The van der Waals surface area contributed by atoms with Gasteiger partial charge in [-0.15, -0.1) is 0 Å². The zero-order valence-corrected chi connectivity index (χ0v) is 14.4. The Balaban J connectivity index is 1.72. The molecule has 26 heavy (non-hydrogen) atoms. The van der Waals surface area contributed by atoms with Crippen LogP contribution in [-0.2, 0) is 6.54 Å². The van der Waals surface area contributed by atoms with Crippen molar-refractivity contribution >= 4 is 16.9 Å². The highest BCUT2D eigenvalue weighted by Gasteiger charge is 2.12. The summed E-state index contributed by atoms with van der Waals surface area (Å²) >= 11 is 0. The molecule has 0 bridgehead atoms. The van der Waals surface area contributed by atoms with Gasteiger partial charge in [-0.05, 0) is 25.1 Å². The summed E-state index contributed by atoms with van der Waals surface area (Å²) in [5, 5.41) is 3.08. The van der Waals surface area contributed by atoms with Gasteiger partial charge in [-0.25, -0.2) is 0 Å². The maximum Gasteiger partial charge on any atom is 0.287 e. The molecule has 0 aliphatic heterocycles. The Bertz CT molecular complexity index is 1080. The molecule has 0 fully saturated rings. The standard InChI is InChI=1S/C19H18N2O5/c1-12-9-13(25-2)10-18(23)21(12)8-7-20-19(24)17-11-15(22)14-5-3-4-6-16(14)26-17/h3-6,9-11H,7-8H2,1-2H3,(H,20,24). The van der Waals surface area contributed by atoms with Crippen LogP contribution in [0.25, 0.3) is 11.0 Å². The van der Waals surface area contributed by atoms with E-state index in [0.717, 1.165) is 5.69 Å². The van der Waals surface area contributed by atoms with E-state index in [2.05, 4.69) is 5.32 Å². The lowest BCUT2D eigenvalue weighted by Gasteiger charge is -2.11. The van der Waals surface area contributed by atoms with Crippen LogP contribution in [0, 0.1) is 6.92 Å². The molecule has 1 amide bonds. The van der Waals surface area contributed by atoms with Gasteiger partial charge in [0.05, 0.1) is 12.5 Å².